The molecule has 1 unspecified atom stereocenters. The van der Waals surface area contributed by atoms with Gasteiger partial charge in [-0.25, -0.2) is 0 Å². The van der Waals surface area contributed by atoms with Gasteiger partial charge in [-0.3, -0.25) is 0 Å². The Balaban J connectivity index is 1.78. The molecule has 4 rings (SSSR count). The first-order chi connectivity index (χ1) is 15.0. The van der Waals surface area contributed by atoms with Gasteiger partial charge in [0.15, 0.2) is 5.11 Å². The van der Waals surface area contributed by atoms with Crippen molar-refractivity contribution in [3.63, 3.8) is 0 Å². The Kier molecular flexibility index (Phi) is 6.06. The Bertz CT molecular complexity index is 1140. The van der Waals surface area contributed by atoms with Gasteiger partial charge in [-0.05, 0) is 61.1 Å². The lowest BCUT2D eigenvalue weighted by Gasteiger charge is -2.36. The smallest absolute Gasteiger partial charge is 0.258 e. The summed E-state index contributed by atoms with van der Waals surface area (Å²) in [7, 11) is 1.63. The molecule has 1 aromatic heterocycles. The lowest BCUT2D eigenvalue weighted by atomic mass is 9.95. The Morgan fingerprint density at radius 3 is 2.58 bits per heavy atom. The van der Waals surface area contributed by atoms with Crippen molar-refractivity contribution in [3.05, 3.63) is 83.4 Å². The quantitative estimate of drug-likeness (QED) is 0.405. The van der Waals surface area contributed by atoms with E-state index in [0.717, 1.165) is 28.1 Å². The summed E-state index contributed by atoms with van der Waals surface area (Å²) < 4.78 is 10.9. The highest BCUT2D eigenvalue weighted by Crippen LogP contribution is 2.37. The van der Waals surface area contributed by atoms with Crippen LogP contribution in [-0.2, 0) is 0 Å². The van der Waals surface area contributed by atoms with Crippen molar-refractivity contribution >= 4 is 34.5 Å². The summed E-state index contributed by atoms with van der Waals surface area (Å²) in [5.74, 6) is 1.68. The van der Waals surface area contributed by atoms with E-state index in [1.807, 2.05) is 60.4 Å². The summed E-state index contributed by atoms with van der Waals surface area (Å²) in [6, 6.07) is 14.9. The molecule has 158 valence electrons. The number of nitrogens with one attached hydrogen (secondary N) is 1. The van der Waals surface area contributed by atoms with Gasteiger partial charge in [0.1, 0.15) is 5.75 Å². The molecule has 0 bridgehead atoms. The number of rotatable bonds is 6. The first-order valence-corrected chi connectivity index (χ1v) is 10.4. The fraction of sp³-hybridized carbons (Fsp3) is 0.174. The third kappa shape index (κ3) is 4.19. The second kappa shape index (κ2) is 8.91. The second-order valence-electron chi connectivity index (χ2n) is 6.98. The van der Waals surface area contributed by atoms with Crippen LogP contribution in [0.25, 0.3) is 17.0 Å². The molecule has 1 aliphatic heterocycles. The summed E-state index contributed by atoms with van der Waals surface area (Å²) in [6.07, 6.45) is 1.80. The number of thiocarbonyl (C=S) groups is 1. The van der Waals surface area contributed by atoms with Gasteiger partial charge in [-0.2, -0.15) is 4.98 Å². The van der Waals surface area contributed by atoms with E-state index in [1.54, 1.807) is 13.2 Å². The van der Waals surface area contributed by atoms with Crippen molar-refractivity contribution in [2.45, 2.75) is 13.0 Å². The number of benzene rings is 2. The third-order valence-electron chi connectivity index (χ3n) is 5.12. The molecule has 0 spiro atoms. The van der Waals surface area contributed by atoms with Crippen LogP contribution in [0.2, 0.25) is 5.02 Å². The van der Waals surface area contributed by atoms with Crippen LogP contribution < -0.4 is 10.1 Å². The molecule has 31 heavy (non-hydrogen) atoms. The number of ether oxygens (including phenoxy) is 1. The fourth-order valence-corrected chi connectivity index (χ4v) is 3.96. The van der Waals surface area contributed by atoms with Crippen LogP contribution in [-0.4, -0.2) is 33.8 Å². The van der Waals surface area contributed by atoms with Crippen LogP contribution in [0.1, 0.15) is 24.4 Å². The average molecular weight is 453 g/mol. The van der Waals surface area contributed by atoms with E-state index in [-0.39, 0.29) is 6.04 Å². The predicted octanol–water partition coefficient (Wildman–Crippen LogP) is 5.25. The van der Waals surface area contributed by atoms with E-state index in [1.165, 1.54) is 0 Å². The zero-order valence-electron chi connectivity index (χ0n) is 17.1. The predicted molar refractivity (Wildman–Crippen MR) is 126 cm³/mol. The lowest BCUT2D eigenvalue weighted by Crippen LogP contribution is -2.45. The van der Waals surface area contributed by atoms with Crippen molar-refractivity contribution < 1.29 is 9.26 Å². The minimum absolute atomic E-state index is 0.255. The van der Waals surface area contributed by atoms with E-state index in [4.69, 9.17) is 33.1 Å². The van der Waals surface area contributed by atoms with E-state index in [9.17, 15) is 0 Å². The molecule has 3 aromatic rings. The fourth-order valence-electron chi connectivity index (χ4n) is 3.50. The number of hydrogen-bond donors (Lipinski definition) is 1. The molecule has 0 amide bonds. The number of hydrogen-bond acceptors (Lipinski definition) is 5. The molecule has 0 fully saturated rings. The van der Waals surface area contributed by atoms with Crippen LogP contribution in [0.15, 0.2) is 71.4 Å². The van der Waals surface area contributed by atoms with Gasteiger partial charge in [0.25, 0.3) is 5.89 Å². The Labute approximate surface area is 191 Å². The molecule has 2 heterocycles. The molecule has 6 nitrogen and oxygen atoms in total. The summed E-state index contributed by atoms with van der Waals surface area (Å²) in [4.78, 5) is 6.64. The highest BCUT2D eigenvalue weighted by Gasteiger charge is 2.33. The third-order valence-corrected chi connectivity index (χ3v) is 5.71. The van der Waals surface area contributed by atoms with Crippen LogP contribution >= 0.6 is 23.8 Å². The molecule has 1 N–H and O–H groups in total. The number of methoxy groups -OCH3 is 1. The van der Waals surface area contributed by atoms with Gasteiger partial charge in [0.05, 0.1) is 18.7 Å². The molecular weight excluding hydrogens is 432 g/mol. The summed E-state index contributed by atoms with van der Waals surface area (Å²) in [5.41, 5.74) is 3.60. The van der Waals surface area contributed by atoms with E-state index in [2.05, 4.69) is 22.0 Å². The van der Waals surface area contributed by atoms with Gasteiger partial charge in [0, 0.05) is 22.8 Å². The zero-order chi connectivity index (χ0) is 22.0. The molecule has 1 atom stereocenters. The van der Waals surface area contributed by atoms with E-state index in [0.29, 0.717) is 28.4 Å². The molecule has 0 radical (unpaired) electrons. The molecule has 0 saturated carbocycles. The average Bonchev–Trinajstić information content (AvgIpc) is 3.26. The maximum Gasteiger partial charge on any atom is 0.258 e. The van der Waals surface area contributed by atoms with Gasteiger partial charge in [0.2, 0.25) is 5.82 Å². The van der Waals surface area contributed by atoms with Crippen molar-refractivity contribution in [1.29, 1.82) is 0 Å². The maximum atomic E-state index is 6.09. The summed E-state index contributed by atoms with van der Waals surface area (Å²) in [5, 5.41) is 8.87. The Morgan fingerprint density at radius 2 is 1.94 bits per heavy atom. The highest BCUT2D eigenvalue weighted by molar-refractivity contribution is 7.80. The molecule has 0 saturated heterocycles. The normalized spacial score (nSPS) is 16.3. The van der Waals surface area contributed by atoms with Gasteiger partial charge in [-0.15, -0.1) is 6.58 Å². The Morgan fingerprint density at radius 1 is 1.23 bits per heavy atom. The standard InChI is InChI=1S/C23H21ClN4O2S/c1-4-13-28-14(2)19(20(25-23(28)31)15-5-9-17(24)10-6-15)22-26-21(27-30-22)16-7-11-18(29-3)12-8-16/h4-12,20H,1,13H2,2-3H3,(H,25,31). The minimum atomic E-state index is -0.255. The number of aromatic nitrogens is 2. The topological polar surface area (TPSA) is 63.4 Å². The van der Waals surface area contributed by atoms with Gasteiger partial charge < -0.3 is 19.5 Å². The lowest BCUT2D eigenvalue weighted by molar-refractivity contribution is 0.399. The van der Waals surface area contributed by atoms with Crippen molar-refractivity contribution in [1.82, 2.24) is 20.4 Å². The second-order valence-corrected chi connectivity index (χ2v) is 7.81. The molecule has 1 aliphatic rings. The minimum Gasteiger partial charge on any atom is -0.497 e. The van der Waals surface area contributed by atoms with Crippen molar-refractivity contribution in [2.75, 3.05) is 13.7 Å². The first-order valence-electron chi connectivity index (χ1n) is 9.65. The van der Waals surface area contributed by atoms with Gasteiger partial charge in [-0.1, -0.05) is 35.0 Å². The molecule has 8 heteroatoms. The zero-order valence-corrected chi connectivity index (χ0v) is 18.7. The van der Waals surface area contributed by atoms with Crippen LogP contribution in [0.4, 0.5) is 0 Å². The van der Waals surface area contributed by atoms with Crippen LogP contribution in [0, 0.1) is 0 Å². The molecule has 0 aliphatic carbocycles. The number of halogens is 1. The van der Waals surface area contributed by atoms with Crippen molar-refractivity contribution in [2.24, 2.45) is 0 Å². The van der Waals surface area contributed by atoms with Gasteiger partial charge >= 0.3 is 0 Å². The highest BCUT2D eigenvalue weighted by atomic mass is 35.5. The monoisotopic (exact) mass is 452 g/mol. The molecular formula is C23H21ClN4O2S. The number of nitrogens with zero attached hydrogens (tertiary/aromatic N) is 3. The van der Waals surface area contributed by atoms with Crippen molar-refractivity contribution in [3.8, 4) is 17.1 Å². The Hall–Kier alpha value is -3.16. The van der Waals surface area contributed by atoms with Crippen LogP contribution in [0.3, 0.4) is 0 Å². The SMILES string of the molecule is C=CCN1C(=S)NC(c2ccc(Cl)cc2)C(c2nc(-c3ccc(OC)cc3)no2)=C1C. The summed E-state index contributed by atoms with van der Waals surface area (Å²) in [6.45, 7) is 6.39. The molecule has 2 aromatic carbocycles. The maximum absolute atomic E-state index is 6.09. The van der Waals surface area contributed by atoms with E-state index >= 15 is 0 Å². The van der Waals surface area contributed by atoms with E-state index < -0.39 is 0 Å². The first kappa shape index (κ1) is 21.1. The summed E-state index contributed by atoms with van der Waals surface area (Å²) >= 11 is 11.7. The van der Waals surface area contributed by atoms with Crippen LogP contribution in [0.5, 0.6) is 5.75 Å². The number of allylic oxidation sites excluding steroid dienone is 1. The largest absolute Gasteiger partial charge is 0.497 e.